The number of carbonyl (C=O) groups excluding carboxylic acids is 2. The van der Waals surface area contributed by atoms with Crippen LogP contribution in [0.15, 0.2) is 0 Å². The molecule has 0 aromatic heterocycles. The van der Waals surface area contributed by atoms with Gasteiger partial charge in [0.15, 0.2) is 0 Å². The minimum Gasteiger partial charge on any atom is -0.480 e. The van der Waals surface area contributed by atoms with Crippen molar-refractivity contribution in [3.8, 4) is 0 Å². The van der Waals surface area contributed by atoms with Crippen molar-refractivity contribution >= 4 is 17.8 Å². The summed E-state index contributed by atoms with van der Waals surface area (Å²) in [5.41, 5.74) is 0. The van der Waals surface area contributed by atoms with Crippen molar-refractivity contribution in [2.24, 2.45) is 0 Å². The van der Waals surface area contributed by atoms with Crippen molar-refractivity contribution in [3.63, 3.8) is 0 Å². The van der Waals surface area contributed by atoms with Gasteiger partial charge in [-0.1, -0.05) is 0 Å². The molecule has 1 aliphatic heterocycles. The van der Waals surface area contributed by atoms with Gasteiger partial charge in [-0.25, -0.2) is 4.79 Å². The van der Waals surface area contributed by atoms with Crippen LogP contribution in [0.2, 0.25) is 0 Å². The fourth-order valence-electron chi connectivity index (χ4n) is 1.63. The van der Waals surface area contributed by atoms with E-state index in [1.807, 2.05) is 0 Å². The Morgan fingerprint density at radius 1 is 1.53 bits per heavy atom. The lowest BCUT2D eigenvalue weighted by atomic mass is 10.1. The Morgan fingerprint density at radius 3 is 2.71 bits per heavy atom. The van der Waals surface area contributed by atoms with Gasteiger partial charge in [0.1, 0.15) is 6.04 Å². The second-order valence-electron chi connectivity index (χ2n) is 3.83. The Balaban J connectivity index is 2.50. The van der Waals surface area contributed by atoms with Crippen molar-refractivity contribution in [1.82, 2.24) is 10.6 Å². The van der Waals surface area contributed by atoms with Crippen LogP contribution in [0.1, 0.15) is 19.3 Å². The summed E-state index contributed by atoms with van der Waals surface area (Å²) in [6.45, 7) is 0.743. The third-order valence-electron chi connectivity index (χ3n) is 2.59. The van der Waals surface area contributed by atoms with Crippen molar-refractivity contribution in [3.05, 3.63) is 0 Å². The first kappa shape index (κ1) is 13.4. The molecule has 1 unspecified atom stereocenters. The molecule has 0 saturated carbocycles. The number of esters is 1. The minimum absolute atomic E-state index is 0.366. The molecule has 1 aliphatic rings. The van der Waals surface area contributed by atoms with Gasteiger partial charge < -0.3 is 20.5 Å². The third-order valence-corrected chi connectivity index (χ3v) is 2.59. The molecule has 7 nitrogen and oxygen atoms in total. The van der Waals surface area contributed by atoms with Gasteiger partial charge in [-0.2, -0.15) is 0 Å². The molecule has 0 bridgehead atoms. The van der Waals surface area contributed by atoms with E-state index < -0.39 is 18.0 Å². The highest BCUT2D eigenvalue weighted by Crippen LogP contribution is 2.06. The lowest BCUT2D eigenvalue weighted by Crippen LogP contribution is -2.49. The molecule has 96 valence electrons. The largest absolute Gasteiger partial charge is 0.480 e. The average molecular weight is 244 g/mol. The number of methoxy groups -OCH3 is 1. The number of carbonyl (C=O) groups is 3. The summed E-state index contributed by atoms with van der Waals surface area (Å²) in [4.78, 5) is 33.5. The Hall–Kier alpha value is -1.63. The number of amides is 1. The Bertz CT molecular complexity index is 312. The minimum atomic E-state index is -1.25. The molecule has 0 aliphatic carbocycles. The summed E-state index contributed by atoms with van der Waals surface area (Å²) in [6, 6.07) is -1.60. The molecule has 2 atom stereocenters. The predicted molar refractivity (Wildman–Crippen MR) is 57.2 cm³/mol. The van der Waals surface area contributed by atoms with Gasteiger partial charge in [-0.3, -0.25) is 9.59 Å². The molecule has 1 amide bonds. The first-order valence-electron chi connectivity index (χ1n) is 5.38. The van der Waals surface area contributed by atoms with Crippen molar-refractivity contribution in [1.29, 1.82) is 0 Å². The van der Waals surface area contributed by atoms with Crippen LogP contribution in [0, 0.1) is 0 Å². The number of nitrogens with one attached hydrogen (secondary N) is 2. The zero-order valence-corrected chi connectivity index (χ0v) is 9.56. The Kier molecular flexibility index (Phi) is 4.89. The molecule has 17 heavy (non-hydrogen) atoms. The summed E-state index contributed by atoms with van der Waals surface area (Å²) < 4.78 is 4.37. The van der Waals surface area contributed by atoms with E-state index in [4.69, 9.17) is 5.11 Å². The van der Waals surface area contributed by atoms with E-state index in [1.54, 1.807) is 0 Å². The molecule has 0 spiro atoms. The average Bonchev–Trinajstić information content (AvgIpc) is 2.81. The Morgan fingerprint density at radius 2 is 2.24 bits per heavy atom. The molecule has 7 heteroatoms. The quantitative estimate of drug-likeness (QED) is 0.529. The highest BCUT2D eigenvalue weighted by Gasteiger charge is 2.28. The van der Waals surface area contributed by atoms with Gasteiger partial charge in [0, 0.05) is 0 Å². The van der Waals surface area contributed by atoms with E-state index in [-0.39, 0.29) is 18.4 Å². The number of rotatable bonds is 5. The van der Waals surface area contributed by atoms with Gasteiger partial charge in [0.25, 0.3) is 0 Å². The summed E-state index contributed by atoms with van der Waals surface area (Å²) in [6.07, 6.45) is 1.19. The molecule has 1 saturated heterocycles. The standard InChI is InChI=1S/C10H16N2O5/c1-17-8(13)5-7(10(15)16)12-9(14)6-3-2-4-11-6/h6-7,11H,2-5H2,1H3,(H,12,14)(H,15,16)/t6?,7-/m0/s1. The number of aliphatic carboxylic acids is 1. The molecule has 1 heterocycles. The van der Waals surface area contributed by atoms with Crippen LogP contribution in [0.3, 0.4) is 0 Å². The SMILES string of the molecule is COC(=O)C[C@H](NC(=O)C1CCCN1)C(=O)O. The molecule has 0 aromatic rings. The molecule has 3 N–H and O–H groups in total. The van der Waals surface area contributed by atoms with E-state index in [0.29, 0.717) is 6.42 Å². The lowest BCUT2D eigenvalue weighted by molar-refractivity contribution is -0.148. The first-order valence-corrected chi connectivity index (χ1v) is 5.38. The number of hydrogen-bond acceptors (Lipinski definition) is 5. The zero-order chi connectivity index (χ0) is 12.8. The predicted octanol–water partition coefficient (Wildman–Crippen LogP) is -1.13. The van der Waals surface area contributed by atoms with E-state index in [2.05, 4.69) is 15.4 Å². The maximum Gasteiger partial charge on any atom is 0.326 e. The van der Waals surface area contributed by atoms with Crippen LogP contribution < -0.4 is 10.6 Å². The normalized spacial score (nSPS) is 20.6. The fourth-order valence-corrected chi connectivity index (χ4v) is 1.63. The van der Waals surface area contributed by atoms with E-state index in [1.165, 1.54) is 7.11 Å². The molecular weight excluding hydrogens is 228 g/mol. The molecular formula is C10H16N2O5. The summed E-state index contributed by atoms with van der Waals surface area (Å²) in [5, 5.41) is 14.1. The molecule has 0 radical (unpaired) electrons. The van der Waals surface area contributed by atoms with Crippen LogP contribution in [0.4, 0.5) is 0 Å². The lowest BCUT2D eigenvalue weighted by Gasteiger charge is -2.16. The maximum absolute atomic E-state index is 11.6. The monoisotopic (exact) mass is 244 g/mol. The molecule has 1 fully saturated rings. The van der Waals surface area contributed by atoms with Gasteiger partial charge in [-0.05, 0) is 19.4 Å². The summed E-state index contributed by atoms with van der Waals surface area (Å²) >= 11 is 0. The number of ether oxygens (including phenoxy) is 1. The van der Waals surface area contributed by atoms with Gasteiger partial charge >= 0.3 is 11.9 Å². The van der Waals surface area contributed by atoms with Crippen LogP contribution in [-0.4, -0.2) is 48.7 Å². The first-order chi connectivity index (χ1) is 8.04. The van der Waals surface area contributed by atoms with Crippen molar-refractivity contribution < 1.29 is 24.2 Å². The van der Waals surface area contributed by atoms with E-state index in [9.17, 15) is 14.4 Å². The summed E-state index contributed by atoms with van der Waals surface area (Å²) in [5.74, 6) is -2.31. The summed E-state index contributed by atoms with van der Waals surface area (Å²) in [7, 11) is 1.17. The second-order valence-corrected chi connectivity index (χ2v) is 3.83. The van der Waals surface area contributed by atoms with Gasteiger partial charge in [-0.15, -0.1) is 0 Å². The fraction of sp³-hybridized carbons (Fsp3) is 0.700. The van der Waals surface area contributed by atoms with Crippen molar-refractivity contribution in [2.45, 2.75) is 31.3 Å². The van der Waals surface area contributed by atoms with E-state index in [0.717, 1.165) is 13.0 Å². The topological polar surface area (TPSA) is 105 Å². The third kappa shape index (κ3) is 4.03. The number of hydrogen-bond donors (Lipinski definition) is 3. The number of carboxylic acid groups (broad SMARTS) is 1. The second kappa shape index (κ2) is 6.19. The molecule has 0 aromatic carbocycles. The zero-order valence-electron chi connectivity index (χ0n) is 9.56. The van der Waals surface area contributed by atoms with Gasteiger partial charge in [0.05, 0.1) is 19.6 Å². The van der Waals surface area contributed by atoms with Crippen LogP contribution in [-0.2, 0) is 19.1 Å². The van der Waals surface area contributed by atoms with Crippen LogP contribution >= 0.6 is 0 Å². The van der Waals surface area contributed by atoms with E-state index >= 15 is 0 Å². The van der Waals surface area contributed by atoms with Gasteiger partial charge in [0.2, 0.25) is 5.91 Å². The van der Waals surface area contributed by atoms with Crippen molar-refractivity contribution in [2.75, 3.05) is 13.7 Å². The highest BCUT2D eigenvalue weighted by atomic mass is 16.5. The number of carboxylic acids is 1. The Labute approximate surface area is 98.5 Å². The highest BCUT2D eigenvalue weighted by molar-refractivity contribution is 5.89. The maximum atomic E-state index is 11.6. The van der Waals surface area contributed by atoms with Crippen LogP contribution in [0.5, 0.6) is 0 Å². The van der Waals surface area contributed by atoms with Crippen LogP contribution in [0.25, 0.3) is 0 Å². The smallest absolute Gasteiger partial charge is 0.326 e. The molecule has 1 rings (SSSR count).